The van der Waals surface area contributed by atoms with E-state index >= 15 is 0 Å². The van der Waals surface area contributed by atoms with Gasteiger partial charge in [0.25, 0.3) is 0 Å². The fourth-order valence-corrected chi connectivity index (χ4v) is 16.5. The van der Waals surface area contributed by atoms with Crippen molar-refractivity contribution in [3.63, 3.8) is 0 Å². The van der Waals surface area contributed by atoms with Crippen LogP contribution >= 0.6 is 11.8 Å². The molecule has 0 radical (unpaired) electrons. The maximum Gasteiger partial charge on any atom is 0.328 e. The average Bonchev–Trinajstić information content (AvgIpc) is 1.67. The van der Waals surface area contributed by atoms with Crippen LogP contribution < -0.4 is 130 Å². The third-order valence-electron chi connectivity index (χ3n) is 23.5. The number of unbranched alkanes of at least 4 members (excludes halogenated alkanes) is 2. The number of nitrogens with one attached hydrogen (secondary N) is 22. The van der Waals surface area contributed by atoms with Gasteiger partial charge in [0.15, 0.2) is 18.0 Å². The predicted octanol–water partition coefficient (Wildman–Crippen LogP) is -13.6. The summed E-state index contributed by atoms with van der Waals surface area (Å²) in [4.78, 5) is 350. The second-order valence-electron chi connectivity index (χ2n) is 35.0. The van der Waals surface area contributed by atoms with Crippen molar-refractivity contribution in [2.24, 2.45) is 28.7 Å². The van der Waals surface area contributed by atoms with Crippen molar-refractivity contribution in [1.82, 2.24) is 126 Å². The number of aliphatic hydroxyl groups excluding tert-OH is 1. The summed E-state index contributed by atoms with van der Waals surface area (Å²) in [5.74, 6) is -29.0. The fourth-order valence-electron chi connectivity index (χ4n) is 16.0. The first-order valence-electron chi connectivity index (χ1n) is 47.4. The van der Waals surface area contributed by atoms with Gasteiger partial charge in [0.1, 0.15) is 90.6 Å². The van der Waals surface area contributed by atoms with E-state index in [1.807, 2.05) is 0 Å². The molecule has 62 heteroatoms. The Morgan fingerprint density at radius 1 is 0.476 bits per heavy atom. The number of carboxylic acids is 4. The first kappa shape index (κ1) is 122. The van der Waals surface area contributed by atoms with E-state index in [1.54, 1.807) is 6.26 Å². The van der Waals surface area contributed by atoms with Crippen LogP contribution in [0.2, 0.25) is 0 Å². The van der Waals surface area contributed by atoms with Crippen molar-refractivity contribution in [2.75, 3.05) is 77.5 Å². The summed E-state index contributed by atoms with van der Waals surface area (Å²) in [7, 11) is 0. The highest BCUT2D eigenvalue weighted by Crippen LogP contribution is 2.24. The molecule has 4 aliphatic rings. The lowest BCUT2D eigenvalue weighted by atomic mass is 10.0. The summed E-state index contributed by atoms with van der Waals surface area (Å²) < 4.78 is 0. The second-order valence-corrected chi connectivity index (χ2v) is 36.0. The number of carbonyl (C=O) groups is 25. The lowest BCUT2D eigenvalue weighted by Gasteiger charge is -2.30. The smallest absolute Gasteiger partial charge is 0.328 e. The number of hydrogen-bond donors (Lipinski definition) is 32. The quantitative estimate of drug-likeness (QED) is 0.0164. The Balaban J connectivity index is 1.30. The van der Waals surface area contributed by atoms with E-state index in [9.17, 15) is 145 Å². The minimum atomic E-state index is -2.18. The SMILES string of the molecule is CSCC[C@H](NC(=O)CC[C@@H]1NC(=O)[C@H](CC(=O)O)NC(=O)CNC(=O)[C@H](CCCNC(=N)N)NC(=O)[C@H](CCCCN)NC1=O)C(=O)N[C@@H](CC(=O)O)C(=O)N[C@@H](CC(=O)O)C(=O)N1CCC[C@H]1C(=O)NCC(=O)N[C@@H](CCCNC(=N)N)C(=O)N[C@@H](CC(N)=O)C(=O)N1CCC[C@H]1C(=O)N[C@@H](Cc1cnc[nH]1)C(=O)N[C@@H](CCCCNC(N)=O)C(=O)NCC(=O)N1CCC[C@H]1C(=O)N[C@@H](C)C(=O)N[C@H](C(=O)O)[C@@H](C)O. The molecular formula is C85H135N31O30S. The van der Waals surface area contributed by atoms with Gasteiger partial charge in [0, 0.05) is 64.0 Å². The molecule has 816 valence electrons. The molecule has 0 unspecified atom stereocenters. The minimum absolute atomic E-state index is 0.0201. The van der Waals surface area contributed by atoms with Crippen molar-refractivity contribution in [3.8, 4) is 0 Å². The van der Waals surface area contributed by atoms with E-state index in [2.05, 4.69) is 111 Å². The Morgan fingerprint density at radius 3 is 1.52 bits per heavy atom. The molecule has 147 heavy (non-hydrogen) atoms. The number of guanidine groups is 2. The number of imidazole rings is 1. The third-order valence-corrected chi connectivity index (χ3v) is 24.2. The molecular weight excluding hydrogens is 1970 g/mol. The number of carbonyl (C=O) groups excluding carboxylic acids is 21. The molecule has 4 saturated heterocycles. The van der Waals surface area contributed by atoms with Gasteiger partial charge in [0.05, 0.1) is 57.7 Å². The molecule has 1 aromatic rings. The lowest BCUT2D eigenvalue weighted by molar-refractivity contribution is -0.147. The predicted molar refractivity (Wildman–Crippen MR) is 511 cm³/mol. The van der Waals surface area contributed by atoms with Gasteiger partial charge >= 0.3 is 29.9 Å². The molecule has 61 nitrogen and oxygen atoms in total. The highest BCUT2D eigenvalue weighted by molar-refractivity contribution is 7.98. The Kier molecular flexibility index (Phi) is 51.7. The normalized spacial score (nSPS) is 19.4. The van der Waals surface area contributed by atoms with Crippen LogP contribution in [0.25, 0.3) is 0 Å². The average molecular weight is 2100 g/mol. The summed E-state index contributed by atoms with van der Waals surface area (Å²) in [6.45, 7) is -0.594. The van der Waals surface area contributed by atoms with Crippen LogP contribution in [0.1, 0.15) is 167 Å². The maximum absolute atomic E-state index is 14.8. The number of primary amides is 2. The van der Waals surface area contributed by atoms with Crippen molar-refractivity contribution in [3.05, 3.63) is 18.2 Å². The van der Waals surface area contributed by atoms with Gasteiger partial charge in [-0.3, -0.25) is 121 Å². The highest BCUT2D eigenvalue weighted by Gasteiger charge is 2.45. The number of rotatable bonds is 59. The number of likely N-dealkylation sites (tertiary alicyclic amines) is 3. The summed E-state index contributed by atoms with van der Waals surface area (Å²) in [5, 5.41) is 110. The van der Waals surface area contributed by atoms with Crippen molar-refractivity contribution in [1.29, 1.82) is 10.8 Å². The number of aliphatic hydroxyl groups is 1. The first-order chi connectivity index (χ1) is 69.5. The molecule has 5 rings (SSSR count). The molecule has 0 aliphatic carbocycles. The highest BCUT2D eigenvalue weighted by atomic mass is 32.2. The molecule has 4 aliphatic heterocycles. The van der Waals surface area contributed by atoms with Gasteiger partial charge in [-0.05, 0) is 148 Å². The molecule has 4 fully saturated rings. The number of H-pyrrole nitrogens is 1. The number of amides is 22. The molecule has 17 atom stereocenters. The van der Waals surface area contributed by atoms with Crippen LogP contribution in [-0.4, -0.2) is 390 Å². The second kappa shape index (κ2) is 62.3. The zero-order valence-corrected chi connectivity index (χ0v) is 82.1. The first-order valence-corrected chi connectivity index (χ1v) is 48.8. The minimum Gasteiger partial charge on any atom is -0.481 e. The molecule has 0 spiro atoms. The number of aromatic amines is 1. The van der Waals surface area contributed by atoms with Crippen LogP contribution in [0.15, 0.2) is 12.5 Å². The topological polar surface area (TPSA) is 973 Å². The van der Waals surface area contributed by atoms with Gasteiger partial charge < -0.3 is 175 Å². The van der Waals surface area contributed by atoms with Gasteiger partial charge in [-0.2, -0.15) is 11.8 Å². The standard InChI is InChI=1S/C85H135N31O30S/c1-41(67(129)113-66(42(2)117)82(144)145)101-78(140)56-18-10-27-114(56)62(122)39-99-69(131)44(14-5-7-24-96-85(92)146)106-74(136)50(31-43-36-93-40-100-43)110-79(141)57-19-12-29-116(57)80(142)53(32-58(87)118)111-70(132)46(16-9-26-95-84(90)91)103-60(120)38-98-77(139)55-17-11-28-115(55)81(143)54(35-65(127)128)112-76(138)52(34-64(125)126)109-73(135)49(22-30-147-3)102-59(119)21-20-48-72(134)107-47(13-4-6-23-86)71(133)105-45(15-8-25-94-83(88)89)68(130)97-37-61(121)104-51(33-63(123)124)75(137)108-48/h36,40-42,44-57,66,117H,4-35,37-39,86H2,1-3H3,(H2,87,118)(H,93,100)(H,97,130)(H,98,139)(H,99,131)(H,101,140)(H,102,119)(H,103,120)(H,104,121)(H,105,133)(H,106,136)(H,107,134)(H,108,137)(H,109,135)(H,110,141)(H,111,132)(H,112,138)(H,113,129)(H,123,124)(H,125,126)(H,127,128)(H,144,145)(H4,88,89,94)(H4,90,91,95)(H3,92,96,146)/t41-,42+,44-,45-,46-,47-,48-,49-,50-,51-,52-,53-,54-,55-,56-,57-,66-/m0/s1. The van der Waals surface area contributed by atoms with E-state index < -0.39 is 321 Å². The zero-order valence-electron chi connectivity index (χ0n) is 81.2. The summed E-state index contributed by atoms with van der Waals surface area (Å²) in [6.07, 6.45) is -3.55. The largest absolute Gasteiger partial charge is 0.481 e. The summed E-state index contributed by atoms with van der Waals surface area (Å²) >= 11 is 1.14. The van der Waals surface area contributed by atoms with Crippen LogP contribution in [0.4, 0.5) is 4.79 Å². The Bertz CT molecular complexity index is 4880. The number of aromatic nitrogens is 2. The number of thioether (sulfide) groups is 1. The van der Waals surface area contributed by atoms with Crippen molar-refractivity contribution in [2.45, 2.75) is 271 Å². The van der Waals surface area contributed by atoms with E-state index in [1.165, 1.54) is 19.4 Å². The zero-order chi connectivity index (χ0) is 109. The fraction of sp³-hybridized carbons (Fsp3) is 0.647. The van der Waals surface area contributed by atoms with Crippen molar-refractivity contribution < 1.29 is 145 Å². The molecule has 0 aromatic carbocycles. The molecule has 5 heterocycles. The summed E-state index contributed by atoms with van der Waals surface area (Å²) in [6, 6.07) is -27.4. The van der Waals surface area contributed by atoms with Gasteiger partial charge in [0.2, 0.25) is 118 Å². The number of nitrogens with two attached hydrogens (primary N) is 5. The number of carboxylic acid groups (broad SMARTS) is 4. The molecule has 0 bridgehead atoms. The lowest BCUT2D eigenvalue weighted by Crippen LogP contribution is -2.60. The van der Waals surface area contributed by atoms with E-state index in [-0.39, 0.29) is 160 Å². The van der Waals surface area contributed by atoms with E-state index in [0.29, 0.717) is 12.8 Å². The number of nitrogens with zero attached hydrogens (tertiary/aromatic N) is 4. The number of hydrogen-bond acceptors (Lipinski definition) is 31. The molecule has 1 aromatic heterocycles. The van der Waals surface area contributed by atoms with Crippen LogP contribution in [0.3, 0.4) is 0 Å². The van der Waals surface area contributed by atoms with Crippen LogP contribution in [0.5, 0.6) is 0 Å². The monoisotopic (exact) mass is 2100 g/mol. The molecule has 0 saturated carbocycles. The van der Waals surface area contributed by atoms with Crippen LogP contribution in [-0.2, 0) is 121 Å². The Hall–Kier alpha value is -15.4. The van der Waals surface area contributed by atoms with E-state index in [4.69, 9.17) is 39.5 Å². The number of aliphatic carboxylic acids is 4. The van der Waals surface area contributed by atoms with Gasteiger partial charge in [-0.1, -0.05) is 0 Å². The van der Waals surface area contributed by atoms with Crippen molar-refractivity contribution >= 4 is 172 Å². The van der Waals surface area contributed by atoms with E-state index in [0.717, 1.165) is 33.4 Å². The van der Waals surface area contributed by atoms with Gasteiger partial charge in [-0.25, -0.2) is 14.6 Å². The number of urea groups is 1. The Labute approximate surface area is 845 Å². The molecule has 37 N–H and O–H groups in total. The van der Waals surface area contributed by atoms with Crippen LogP contribution in [0, 0.1) is 10.8 Å². The third kappa shape index (κ3) is 42.8. The Morgan fingerprint density at radius 2 is 0.966 bits per heavy atom. The van der Waals surface area contributed by atoms with Gasteiger partial charge in [-0.15, -0.1) is 0 Å². The maximum atomic E-state index is 14.8. The molecule has 22 amide bonds. The summed E-state index contributed by atoms with van der Waals surface area (Å²) in [5.41, 5.74) is 27.7.